The molecule has 0 aliphatic rings. The van der Waals surface area contributed by atoms with Crippen molar-refractivity contribution in [1.29, 1.82) is 0 Å². The van der Waals surface area contributed by atoms with E-state index in [0.717, 1.165) is 17.7 Å². The number of rotatable bonds is 6. The summed E-state index contributed by atoms with van der Waals surface area (Å²) < 4.78 is 39.6. The summed E-state index contributed by atoms with van der Waals surface area (Å²) in [6, 6.07) is 5.94. The predicted octanol–water partition coefficient (Wildman–Crippen LogP) is 4.84. The smallest absolute Gasteiger partial charge is 0.406 e. The van der Waals surface area contributed by atoms with Crippen molar-refractivity contribution in [2.24, 2.45) is 0 Å². The van der Waals surface area contributed by atoms with E-state index >= 15 is 0 Å². The van der Waals surface area contributed by atoms with Crippen LogP contribution < -0.4 is 4.74 Å². The van der Waals surface area contributed by atoms with Crippen molar-refractivity contribution in [2.45, 2.75) is 30.7 Å². The topological polar surface area (TPSA) is 9.23 Å². The predicted molar refractivity (Wildman–Crippen MR) is 69.2 cm³/mol. The molecule has 0 aliphatic heterocycles. The van der Waals surface area contributed by atoms with Gasteiger partial charge in [-0.25, -0.2) is 0 Å². The Bertz CT molecular complexity index is 353. The van der Waals surface area contributed by atoms with Gasteiger partial charge in [0.1, 0.15) is 5.75 Å². The molecule has 102 valence electrons. The third-order valence-electron chi connectivity index (χ3n) is 2.21. The Morgan fingerprint density at radius 2 is 1.89 bits per heavy atom. The van der Waals surface area contributed by atoms with Crippen LogP contribution in [-0.4, -0.2) is 17.5 Å². The van der Waals surface area contributed by atoms with Crippen LogP contribution in [0.5, 0.6) is 5.75 Å². The first-order chi connectivity index (χ1) is 8.40. The minimum absolute atomic E-state index is 0.190. The summed E-state index contributed by atoms with van der Waals surface area (Å²) in [6.07, 6.45) is -3.72. The summed E-state index contributed by atoms with van der Waals surface area (Å²) in [5.74, 6) is 1.18. The van der Waals surface area contributed by atoms with E-state index in [1.807, 2.05) is 0 Å². The molecule has 0 N–H and O–H groups in total. The second kappa shape index (κ2) is 7.14. The van der Waals surface area contributed by atoms with Crippen molar-refractivity contribution in [3.05, 3.63) is 29.8 Å². The molecule has 1 aromatic rings. The second-order valence-electron chi connectivity index (χ2n) is 3.79. The van der Waals surface area contributed by atoms with Gasteiger partial charge >= 0.3 is 6.36 Å². The molecule has 0 aliphatic carbocycles. The number of halogens is 4. The maximum Gasteiger partial charge on any atom is 0.573 e. The molecule has 0 bridgehead atoms. The number of benzene rings is 1. The van der Waals surface area contributed by atoms with E-state index in [1.54, 1.807) is 23.9 Å². The largest absolute Gasteiger partial charge is 0.573 e. The summed E-state index contributed by atoms with van der Waals surface area (Å²) in [5, 5.41) is 0.439. The average Bonchev–Trinajstić information content (AvgIpc) is 2.26. The normalized spacial score (nSPS) is 13.4. The summed E-state index contributed by atoms with van der Waals surface area (Å²) in [7, 11) is 0. The maximum absolute atomic E-state index is 11.9. The second-order valence-corrected chi connectivity index (χ2v) is 5.60. The quantitative estimate of drug-likeness (QED) is 0.695. The lowest BCUT2D eigenvalue weighted by molar-refractivity contribution is -0.274. The molecule has 0 radical (unpaired) electrons. The zero-order valence-electron chi connectivity index (χ0n) is 9.84. The average molecular weight is 299 g/mol. The van der Waals surface area contributed by atoms with Crippen LogP contribution in [0.15, 0.2) is 24.3 Å². The molecular weight excluding hydrogens is 285 g/mol. The lowest BCUT2D eigenvalue weighted by atomic mass is 10.2. The van der Waals surface area contributed by atoms with Crippen molar-refractivity contribution < 1.29 is 17.9 Å². The Labute approximate surface area is 114 Å². The van der Waals surface area contributed by atoms with E-state index < -0.39 is 6.36 Å². The highest BCUT2D eigenvalue weighted by atomic mass is 35.5. The molecule has 1 rings (SSSR count). The minimum Gasteiger partial charge on any atom is -0.406 e. The Hall–Kier alpha value is -0.550. The Kier molecular flexibility index (Phi) is 6.15. The van der Waals surface area contributed by atoms with Crippen LogP contribution >= 0.6 is 23.4 Å². The van der Waals surface area contributed by atoms with Gasteiger partial charge in [-0.15, -0.1) is 24.8 Å². The van der Waals surface area contributed by atoms with Gasteiger partial charge < -0.3 is 4.74 Å². The number of ether oxygens (including phenoxy) is 1. The van der Waals surface area contributed by atoms with Gasteiger partial charge in [0, 0.05) is 16.9 Å². The third-order valence-corrected chi connectivity index (χ3v) is 3.73. The Balaban J connectivity index is 2.45. The van der Waals surface area contributed by atoms with Crippen molar-refractivity contribution in [3.8, 4) is 5.75 Å². The SMILES string of the molecule is CC(CCCl)SCc1ccc(OC(F)(F)F)cc1. The van der Waals surface area contributed by atoms with Gasteiger partial charge in [0.05, 0.1) is 0 Å². The van der Waals surface area contributed by atoms with E-state index in [9.17, 15) is 13.2 Å². The van der Waals surface area contributed by atoms with Gasteiger partial charge in [-0.2, -0.15) is 11.8 Å². The monoisotopic (exact) mass is 298 g/mol. The molecule has 0 spiro atoms. The van der Waals surface area contributed by atoms with E-state index in [1.165, 1.54) is 12.1 Å². The molecule has 18 heavy (non-hydrogen) atoms. The summed E-state index contributed by atoms with van der Waals surface area (Å²) in [4.78, 5) is 0. The molecule has 1 unspecified atom stereocenters. The Morgan fingerprint density at radius 1 is 1.28 bits per heavy atom. The molecule has 0 aromatic heterocycles. The first-order valence-electron chi connectivity index (χ1n) is 5.43. The van der Waals surface area contributed by atoms with Gasteiger partial charge in [-0.1, -0.05) is 19.1 Å². The molecule has 0 saturated heterocycles. The standard InChI is InChI=1S/C12H14ClF3OS/c1-9(6-7-13)18-8-10-2-4-11(5-3-10)17-12(14,15)16/h2-5,9H,6-8H2,1H3. The number of hydrogen-bond acceptors (Lipinski definition) is 2. The van der Waals surface area contributed by atoms with Crippen LogP contribution in [-0.2, 0) is 5.75 Å². The first-order valence-corrected chi connectivity index (χ1v) is 7.01. The zero-order valence-corrected chi connectivity index (χ0v) is 11.4. The molecule has 0 amide bonds. The van der Waals surface area contributed by atoms with Crippen LogP contribution in [0.25, 0.3) is 0 Å². The van der Waals surface area contributed by atoms with Crippen molar-refractivity contribution >= 4 is 23.4 Å². The number of alkyl halides is 4. The minimum atomic E-state index is -4.63. The van der Waals surface area contributed by atoms with E-state index in [4.69, 9.17) is 11.6 Å². The van der Waals surface area contributed by atoms with Crippen molar-refractivity contribution in [3.63, 3.8) is 0 Å². The highest BCUT2D eigenvalue weighted by molar-refractivity contribution is 7.99. The van der Waals surface area contributed by atoms with E-state index in [-0.39, 0.29) is 5.75 Å². The highest BCUT2D eigenvalue weighted by Gasteiger charge is 2.30. The maximum atomic E-state index is 11.9. The van der Waals surface area contributed by atoms with Gasteiger partial charge in [0.25, 0.3) is 0 Å². The molecule has 1 aromatic carbocycles. The summed E-state index contributed by atoms with van der Waals surface area (Å²) >= 11 is 7.35. The zero-order chi connectivity index (χ0) is 13.6. The van der Waals surface area contributed by atoms with E-state index in [0.29, 0.717) is 11.1 Å². The summed E-state index contributed by atoms with van der Waals surface area (Å²) in [6.45, 7) is 2.08. The fourth-order valence-corrected chi connectivity index (χ4v) is 2.67. The molecule has 0 saturated carbocycles. The first kappa shape index (κ1) is 15.5. The molecule has 6 heteroatoms. The van der Waals surface area contributed by atoms with Gasteiger partial charge in [-0.3, -0.25) is 0 Å². The lowest BCUT2D eigenvalue weighted by Crippen LogP contribution is -2.17. The fraction of sp³-hybridized carbons (Fsp3) is 0.500. The Morgan fingerprint density at radius 3 is 2.39 bits per heavy atom. The molecule has 0 fully saturated rings. The molecular formula is C12H14ClF3OS. The third kappa shape index (κ3) is 6.40. The van der Waals surface area contributed by atoms with Crippen LogP contribution in [0, 0.1) is 0 Å². The molecule has 0 heterocycles. The van der Waals surface area contributed by atoms with Gasteiger partial charge in [-0.05, 0) is 24.1 Å². The summed E-state index contributed by atoms with van der Waals surface area (Å²) in [5.41, 5.74) is 0.968. The number of hydrogen-bond donors (Lipinski definition) is 0. The van der Waals surface area contributed by atoms with Crippen LogP contribution in [0.3, 0.4) is 0 Å². The number of thioether (sulfide) groups is 1. The fourth-order valence-electron chi connectivity index (χ4n) is 1.26. The van der Waals surface area contributed by atoms with Gasteiger partial charge in [0.15, 0.2) is 0 Å². The molecule has 1 nitrogen and oxygen atoms in total. The molecule has 1 atom stereocenters. The van der Waals surface area contributed by atoms with Gasteiger partial charge in [0.2, 0.25) is 0 Å². The van der Waals surface area contributed by atoms with Crippen molar-refractivity contribution in [1.82, 2.24) is 0 Å². The highest BCUT2D eigenvalue weighted by Crippen LogP contribution is 2.25. The van der Waals surface area contributed by atoms with Crippen LogP contribution in [0.2, 0.25) is 0 Å². The van der Waals surface area contributed by atoms with E-state index in [2.05, 4.69) is 11.7 Å². The van der Waals surface area contributed by atoms with Crippen molar-refractivity contribution in [2.75, 3.05) is 5.88 Å². The lowest BCUT2D eigenvalue weighted by Gasteiger charge is -2.11. The van der Waals surface area contributed by atoms with Crippen LogP contribution in [0.1, 0.15) is 18.9 Å². The van der Waals surface area contributed by atoms with Crippen LogP contribution in [0.4, 0.5) is 13.2 Å².